The third-order valence-electron chi connectivity index (χ3n) is 2.42. The number of nitrogens with zero attached hydrogens (tertiary/aromatic N) is 1. The predicted octanol–water partition coefficient (Wildman–Crippen LogP) is 0.754. The van der Waals surface area contributed by atoms with Crippen molar-refractivity contribution in [3.8, 4) is 0 Å². The molecule has 0 radical (unpaired) electrons. The molecular formula is C12H25NO5S. The summed E-state index contributed by atoms with van der Waals surface area (Å²) in [6.07, 6.45) is 3.82. The quantitative estimate of drug-likeness (QED) is 0.227. The van der Waals surface area contributed by atoms with Gasteiger partial charge < -0.3 is 13.8 Å². The van der Waals surface area contributed by atoms with Crippen LogP contribution in [0.5, 0.6) is 0 Å². The molecule has 0 aromatic heterocycles. The maximum atomic E-state index is 10.7. The first kappa shape index (κ1) is 20.4. The Morgan fingerprint density at radius 3 is 2.21 bits per heavy atom. The highest BCUT2D eigenvalue weighted by Crippen LogP contribution is 2.01. The maximum absolute atomic E-state index is 10.7. The van der Waals surface area contributed by atoms with Crippen LogP contribution in [0.4, 0.5) is 0 Å². The number of quaternary nitrogens is 1. The third kappa shape index (κ3) is 22.7. The van der Waals surface area contributed by atoms with Gasteiger partial charge in [0.1, 0.15) is 0 Å². The highest BCUT2D eigenvalue weighted by atomic mass is 32.2. The normalized spacial score (nSPS) is 11.2. The van der Waals surface area contributed by atoms with Crippen molar-refractivity contribution in [2.45, 2.75) is 19.8 Å². The lowest BCUT2D eigenvalue weighted by molar-refractivity contribution is -0.888. The molecule has 0 aliphatic rings. The molecule has 0 bridgehead atoms. The second-order valence-electron chi connectivity index (χ2n) is 4.76. The van der Waals surface area contributed by atoms with Crippen LogP contribution in [0.15, 0.2) is 12.7 Å². The summed E-state index contributed by atoms with van der Waals surface area (Å²) >= 11 is 0. The number of hydrogen-bond donors (Lipinski definition) is 0. The number of carbonyl (C=O) groups excluding carboxylic acids is 1. The monoisotopic (exact) mass is 295 g/mol. The fourth-order valence-electron chi connectivity index (χ4n) is 1.03. The molecule has 0 N–H and O–H groups in total. The van der Waals surface area contributed by atoms with Crippen molar-refractivity contribution in [2.75, 3.05) is 40.0 Å². The zero-order valence-electron chi connectivity index (χ0n) is 12.2. The van der Waals surface area contributed by atoms with E-state index in [0.717, 1.165) is 30.4 Å². The SMILES string of the molecule is C=CC(=O)OCCCC[N+](C)(C)CC.CS(=O)(=O)[O-]. The average Bonchev–Trinajstić information content (AvgIpc) is 2.26. The van der Waals surface area contributed by atoms with Gasteiger partial charge in [0, 0.05) is 12.3 Å². The van der Waals surface area contributed by atoms with Crippen LogP contribution in [0.25, 0.3) is 0 Å². The molecule has 0 aliphatic carbocycles. The largest absolute Gasteiger partial charge is 0.748 e. The predicted molar refractivity (Wildman–Crippen MR) is 73.5 cm³/mol. The third-order valence-corrected chi connectivity index (χ3v) is 2.42. The minimum absolute atomic E-state index is 0.325. The topological polar surface area (TPSA) is 83.5 Å². The molecule has 0 unspecified atom stereocenters. The van der Waals surface area contributed by atoms with Gasteiger partial charge >= 0.3 is 5.97 Å². The van der Waals surface area contributed by atoms with E-state index < -0.39 is 10.1 Å². The van der Waals surface area contributed by atoms with E-state index in [4.69, 9.17) is 17.7 Å². The number of hydrogen-bond acceptors (Lipinski definition) is 5. The Kier molecular flexibility index (Phi) is 10.7. The maximum Gasteiger partial charge on any atom is 0.330 e. The molecule has 0 saturated heterocycles. The van der Waals surface area contributed by atoms with Gasteiger partial charge in [0.25, 0.3) is 0 Å². The van der Waals surface area contributed by atoms with Gasteiger partial charge in [-0.2, -0.15) is 0 Å². The zero-order chi connectivity index (χ0) is 15.5. The second-order valence-corrected chi connectivity index (χ2v) is 6.17. The van der Waals surface area contributed by atoms with E-state index in [1.807, 2.05) is 0 Å². The Morgan fingerprint density at radius 2 is 1.84 bits per heavy atom. The van der Waals surface area contributed by atoms with Crippen LogP contribution in [-0.2, 0) is 19.6 Å². The van der Waals surface area contributed by atoms with Crippen molar-refractivity contribution in [3.63, 3.8) is 0 Å². The van der Waals surface area contributed by atoms with Crippen molar-refractivity contribution in [2.24, 2.45) is 0 Å². The summed E-state index contributed by atoms with van der Waals surface area (Å²) in [4.78, 5) is 10.7. The number of ether oxygens (including phenoxy) is 1. The van der Waals surface area contributed by atoms with Crippen LogP contribution in [-0.4, -0.2) is 63.5 Å². The standard InChI is InChI=1S/C11H22NO2.CH4O3S/c1-5-11(13)14-10-8-7-9-12(3,4)6-2;1-5(2,3)4/h5H,1,6-10H2,2-4H3;1H3,(H,2,3,4)/q+1;/p-1. The molecule has 0 rings (SSSR count). The van der Waals surface area contributed by atoms with E-state index >= 15 is 0 Å². The van der Waals surface area contributed by atoms with Crippen LogP contribution in [0, 0.1) is 0 Å². The van der Waals surface area contributed by atoms with Crippen LogP contribution >= 0.6 is 0 Å². The Bertz CT molecular complexity index is 354. The fourth-order valence-corrected chi connectivity index (χ4v) is 1.03. The Morgan fingerprint density at radius 1 is 1.37 bits per heavy atom. The molecule has 0 aliphatic heterocycles. The summed E-state index contributed by atoms with van der Waals surface area (Å²) in [7, 11) is 0.492. The Labute approximate surface area is 116 Å². The molecule has 0 amide bonds. The Hall–Kier alpha value is -0.920. The first-order valence-electron chi connectivity index (χ1n) is 6.04. The van der Waals surface area contributed by atoms with E-state index in [2.05, 4.69) is 27.6 Å². The molecule has 0 atom stereocenters. The van der Waals surface area contributed by atoms with Gasteiger partial charge in [0.2, 0.25) is 0 Å². The van der Waals surface area contributed by atoms with E-state index in [0.29, 0.717) is 12.9 Å². The highest BCUT2D eigenvalue weighted by molar-refractivity contribution is 7.84. The number of unbranched alkanes of at least 4 members (excludes halogenated alkanes) is 1. The highest BCUT2D eigenvalue weighted by Gasteiger charge is 2.10. The molecule has 0 spiro atoms. The minimum Gasteiger partial charge on any atom is -0.748 e. The molecule has 0 aromatic rings. The van der Waals surface area contributed by atoms with Crippen molar-refractivity contribution in [3.05, 3.63) is 12.7 Å². The molecule has 0 heterocycles. The van der Waals surface area contributed by atoms with Crippen LogP contribution < -0.4 is 0 Å². The van der Waals surface area contributed by atoms with Gasteiger partial charge in [-0.3, -0.25) is 0 Å². The van der Waals surface area contributed by atoms with Gasteiger partial charge in [-0.25, -0.2) is 13.2 Å². The molecular weight excluding hydrogens is 270 g/mol. The number of rotatable bonds is 7. The van der Waals surface area contributed by atoms with E-state index in [1.165, 1.54) is 6.08 Å². The lowest BCUT2D eigenvalue weighted by atomic mass is 10.3. The van der Waals surface area contributed by atoms with Crippen molar-refractivity contribution in [1.82, 2.24) is 0 Å². The Balaban J connectivity index is 0. The number of carbonyl (C=O) groups is 1. The summed E-state index contributed by atoms with van der Waals surface area (Å²) in [5.41, 5.74) is 0. The summed E-state index contributed by atoms with van der Waals surface area (Å²) < 4.78 is 33.1. The fraction of sp³-hybridized carbons (Fsp3) is 0.750. The molecule has 114 valence electrons. The molecule has 7 heteroatoms. The average molecular weight is 295 g/mol. The lowest BCUT2D eigenvalue weighted by Gasteiger charge is -2.27. The molecule has 0 fully saturated rings. The van der Waals surface area contributed by atoms with E-state index in [9.17, 15) is 4.79 Å². The van der Waals surface area contributed by atoms with Gasteiger partial charge in [0.15, 0.2) is 0 Å². The minimum atomic E-state index is -3.92. The number of esters is 1. The molecule has 0 saturated carbocycles. The first-order valence-corrected chi connectivity index (χ1v) is 7.85. The van der Waals surface area contributed by atoms with Gasteiger partial charge in [-0.15, -0.1) is 0 Å². The molecule has 0 aromatic carbocycles. The van der Waals surface area contributed by atoms with Crippen molar-refractivity contribution in [1.29, 1.82) is 0 Å². The van der Waals surface area contributed by atoms with Crippen LogP contribution in [0.1, 0.15) is 19.8 Å². The summed E-state index contributed by atoms with van der Waals surface area (Å²) in [6, 6.07) is 0. The van der Waals surface area contributed by atoms with Gasteiger partial charge in [0.05, 0.1) is 43.9 Å². The smallest absolute Gasteiger partial charge is 0.330 e. The van der Waals surface area contributed by atoms with Crippen LogP contribution in [0.3, 0.4) is 0 Å². The van der Waals surface area contributed by atoms with Crippen molar-refractivity contribution >= 4 is 16.1 Å². The summed E-state index contributed by atoms with van der Waals surface area (Å²) in [5, 5.41) is 0. The van der Waals surface area contributed by atoms with Gasteiger partial charge in [-0.1, -0.05) is 6.58 Å². The van der Waals surface area contributed by atoms with E-state index in [1.54, 1.807) is 0 Å². The first-order chi connectivity index (χ1) is 8.52. The second kappa shape index (κ2) is 9.94. The van der Waals surface area contributed by atoms with Crippen molar-refractivity contribution < 1.29 is 27.0 Å². The van der Waals surface area contributed by atoms with Gasteiger partial charge in [-0.05, 0) is 19.8 Å². The van der Waals surface area contributed by atoms with E-state index in [-0.39, 0.29) is 5.97 Å². The lowest BCUT2D eigenvalue weighted by Crippen LogP contribution is -2.40. The zero-order valence-corrected chi connectivity index (χ0v) is 13.0. The summed E-state index contributed by atoms with van der Waals surface area (Å²) in [5.74, 6) is -0.325. The molecule has 19 heavy (non-hydrogen) atoms. The van der Waals surface area contributed by atoms with Crippen LogP contribution in [0.2, 0.25) is 0 Å². The molecule has 6 nitrogen and oxygen atoms in total. The summed E-state index contributed by atoms with van der Waals surface area (Å²) in [6.45, 7) is 8.28.